The summed E-state index contributed by atoms with van der Waals surface area (Å²) in [6.45, 7) is 2.43. The van der Waals surface area contributed by atoms with Gasteiger partial charge < -0.3 is 4.74 Å². The Morgan fingerprint density at radius 2 is 1.72 bits per heavy atom. The normalized spacial score (nSPS) is 17.8. The highest BCUT2D eigenvalue weighted by Gasteiger charge is 2.36. The van der Waals surface area contributed by atoms with E-state index in [1.54, 1.807) is 22.6 Å². The van der Waals surface area contributed by atoms with Gasteiger partial charge in [-0.2, -0.15) is 4.31 Å². The van der Waals surface area contributed by atoms with Crippen LogP contribution >= 0.6 is 0 Å². The fraction of sp³-hybridized carbons (Fsp3) is 0.261. The molecule has 150 valence electrons. The molecule has 2 aromatic carbocycles. The van der Waals surface area contributed by atoms with E-state index in [0.29, 0.717) is 23.1 Å². The fourth-order valence-corrected chi connectivity index (χ4v) is 5.37. The van der Waals surface area contributed by atoms with Crippen molar-refractivity contribution in [2.75, 3.05) is 6.54 Å². The average molecular weight is 409 g/mol. The second-order valence-electron chi connectivity index (χ2n) is 7.25. The number of rotatable bonds is 5. The number of nitrogens with zero attached hydrogens (tertiary/aromatic N) is 2. The predicted molar refractivity (Wildman–Crippen MR) is 112 cm³/mol. The lowest BCUT2D eigenvalue weighted by molar-refractivity contribution is 0.250. The Hall–Kier alpha value is -2.70. The van der Waals surface area contributed by atoms with Crippen molar-refractivity contribution in [3.8, 4) is 11.6 Å². The van der Waals surface area contributed by atoms with E-state index in [9.17, 15) is 8.42 Å². The number of piperidine rings is 1. The fourth-order valence-electron chi connectivity index (χ4n) is 3.69. The van der Waals surface area contributed by atoms with Crippen molar-refractivity contribution in [3.05, 3.63) is 84.1 Å². The number of benzene rings is 2. The van der Waals surface area contributed by atoms with E-state index in [0.717, 1.165) is 30.4 Å². The van der Waals surface area contributed by atoms with Crippen LogP contribution in [0, 0.1) is 6.92 Å². The lowest BCUT2D eigenvalue weighted by Gasteiger charge is -2.35. The lowest BCUT2D eigenvalue weighted by atomic mass is 9.98. The molecule has 1 atom stereocenters. The topological polar surface area (TPSA) is 59.5 Å². The van der Waals surface area contributed by atoms with Crippen LogP contribution in [0.4, 0.5) is 0 Å². The summed E-state index contributed by atoms with van der Waals surface area (Å²) in [6.07, 6.45) is 4.21. The van der Waals surface area contributed by atoms with Crippen molar-refractivity contribution in [3.63, 3.8) is 0 Å². The third kappa shape index (κ3) is 4.18. The van der Waals surface area contributed by atoms with E-state index in [1.807, 2.05) is 61.5 Å². The molecule has 0 amide bonds. The molecule has 4 rings (SSSR count). The van der Waals surface area contributed by atoms with Crippen LogP contribution < -0.4 is 4.74 Å². The first kappa shape index (κ1) is 19.6. The summed E-state index contributed by atoms with van der Waals surface area (Å²) < 4.78 is 34.5. The maximum absolute atomic E-state index is 13.4. The molecule has 1 aromatic heterocycles. The van der Waals surface area contributed by atoms with Crippen LogP contribution in [0.2, 0.25) is 0 Å². The molecule has 2 heterocycles. The van der Waals surface area contributed by atoms with Gasteiger partial charge in [0.1, 0.15) is 5.75 Å². The van der Waals surface area contributed by atoms with Gasteiger partial charge >= 0.3 is 0 Å². The molecular weight excluding hydrogens is 384 g/mol. The molecule has 3 aromatic rings. The van der Waals surface area contributed by atoms with Gasteiger partial charge in [-0.3, -0.25) is 0 Å². The van der Waals surface area contributed by atoms with Crippen molar-refractivity contribution in [2.45, 2.75) is 37.1 Å². The average Bonchev–Trinajstić information content (AvgIpc) is 2.75. The zero-order valence-electron chi connectivity index (χ0n) is 16.4. The summed E-state index contributed by atoms with van der Waals surface area (Å²) >= 11 is 0. The summed E-state index contributed by atoms with van der Waals surface area (Å²) in [5, 5.41) is 0. The molecule has 0 unspecified atom stereocenters. The Kier molecular flexibility index (Phi) is 5.65. The molecule has 1 saturated heterocycles. The van der Waals surface area contributed by atoms with Gasteiger partial charge in [0.15, 0.2) is 0 Å². The quantitative estimate of drug-likeness (QED) is 0.589. The molecule has 0 spiro atoms. The maximum Gasteiger partial charge on any atom is 0.243 e. The Balaban J connectivity index is 1.71. The summed E-state index contributed by atoms with van der Waals surface area (Å²) in [5.41, 5.74) is 1.83. The first-order valence-corrected chi connectivity index (χ1v) is 11.3. The number of ether oxygens (including phenoxy) is 1. The van der Waals surface area contributed by atoms with Crippen LogP contribution in [0.5, 0.6) is 11.6 Å². The molecule has 0 bridgehead atoms. The molecule has 0 aliphatic carbocycles. The number of para-hydroxylation sites is 1. The zero-order chi connectivity index (χ0) is 20.3. The van der Waals surface area contributed by atoms with Gasteiger partial charge in [-0.05, 0) is 50.1 Å². The summed E-state index contributed by atoms with van der Waals surface area (Å²) in [6, 6.07) is 19.9. The van der Waals surface area contributed by atoms with E-state index in [2.05, 4.69) is 4.98 Å². The van der Waals surface area contributed by atoms with Gasteiger partial charge in [0.25, 0.3) is 0 Å². The highest BCUT2D eigenvalue weighted by Crippen LogP contribution is 2.39. The number of hydrogen-bond acceptors (Lipinski definition) is 4. The monoisotopic (exact) mass is 408 g/mol. The van der Waals surface area contributed by atoms with Gasteiger partial charge in [0.05, 0.1) is 10.9 Å². The van der Waals surface area contributed by atoms with Crippen LogP contribution in [-0.4, -0.2) is 24.3 Å². The zero-order valence-corrected chi connectivity index (χ0v) is 17.2. The highest BCUT2D eigenvalue weighted by atomic mass is 32.2. The molecule has 1 aliphatic rings. The number of aryl methyl sites for hydroxylation is 1. The van der Waals surface area contributed by atoms with E-state index < -0.39 is 10.0 Å². The second-order valence-corrected chi connectivity index (χ2v) is 9.14. The molecule has 0 saturated carbocycles. The number of aromatic nitrogens is 1. The smallest absolute Gasteiger partial charge is 0.243 e. The highest BCUT2D eigenvalue weighted by molar-refractivity contribution is 7.89. The number of hydrogen-bond donors (Lipinski definition) is 0. The van der Waals surface area contributed by atoms with Gasteiger partial charge in [-0.25, -0.2) is 13.4 Å². The van der Waals surface area contributed by atoms with Crippen molar-refractivity contribution < 1.29 is 13.2 Å². The molecule has 6 heteroatoms. The molecule has 0 N–H and O–H groups in total. The van der Waals surface area contributed by atoms with Crippen LogP contribution in [0.25, 0.3) is 0 Å². The van der Waals surface area contributed by atoms with Crippen LogP contribution in [0.1, 0.15) is 36.4 Å². The van der Waals surface area contributed by atoms with E-state index >= 15 is 0 Å². The molecule has 1 aliphatic heterocycles. The standard InChI is InChI=1S/C23H24N2O3S/c1-18-12-14-20(15-13-18)29(26,27)25-17-6-5-11-22(25)21-10-7-16-24-23(21)28-19-8-3-2-4-9-19/h2-4,7-10,12-16,22H,5-6,11,17H2,1H3/t22-/m1/s1. The van der Waals surface area contributed by atoms with Crippen molar-refractivity contribution >= 4 is 10.0 Å². The van der Waals surface area contributed by atoms with Gasteiger partial charge in [0, 0.05) is 18.3 Å². The van der Waals surface area contributed by atoms with Crippen molar-refractivity contribution in [1.82, 2.24) is 9.29 Å². The first-order chi connectivity index (χ1) is 14.1. The van der Waals surface area contributed by atoms with Crippen LogP contribution in [-0.2, 0) is 10.0 Å². The Morgan fingerprint density at radius 1 is 0.966 bits per heavy atom. The summed E-state index contributed by atoms with van der Waals surface area (Å²) in [7, 11) is -3.62. The van der Waals surface area contributed by atoms with Crippen LogP contribution in [0.3, 0.4) is 0 Å². The van der Waals surface area contributed by atoms with E-state index in [1.165, 1.54) is 0 Å². The SMILES string of the molecule is Cc1ccc(S(=O)(=O)N2CCCC[C@@H]2c2cccnc2Oc2ccccc2)cc1. The minimum Gasteiger partial charge on any atom is -0.439 e. The predicted octanol–water partition coefficient (Wildman–Crippen LogP) is 5.10. The Bertz CT molecular complexity index is 1070. The minimum absolute atomic E-state index is 0.303. The lowest BCUT2D eigenvalue weighted by Crippen LogP contribution is -2.38. The molecule has 29 heavy (non-hydrogen) atoms. The van der Waals surface area contributed by atoms with Gasteiger partial charge in [0.2, 0.25) is 15.9 Å². The first-order valence-electron chi connectivity index (χ1n) is 9.82. The number of sulfonamides is 1. The summed E-state index contributed by atoms with van der Waals surface area (Å²) in [5.74, 6) is 1.13. The third-order valence-corrected chi connectivity index (χ3v) is 7.12. The van der Waals surface area contributed by atoms with Crippen LogP contribution in [0.15, 0.2) is 77.8 Å². The maximum atomic E-state index is 13.4. The van der Waals surface area contributed by atoms with Gasteiger partial charge in [-0.1, -0.05) is 48.4 Å². The van der Waals surface area contributed by atoms with Crippen molar-refractivity contribution in [1.29, 1.82) is 0 Å². The summed E-state index contributed by atoms with van der Waals surface area (Å²) in [4.78, 5) is 4.73. The Labute approximate surface area is 172 Å². The van der Waals surface area contributed by atoms with E-state index in [-0.39, 0.29) is 6.04 Å². The molecular formula is C23H24N2O3S. The minimum atomic E-state index is -3.62. The largest absolute Gasteiger partial charge is 0.439 e. The Morgan fingerprint density at radius 3 is 2.48 bits per heavy atom. The molecule has 1 fully saturated rings. The van der Waals surface area contributed by atoms with Crippen molar-refractivity contribution in [2.24, 2.45) is 0 Å². The van der Waals surface area contributed by atoms with Gasteiger partial charge in [-0.15, -0.1) is 0 Å². The molecule has 0 radical (unpaired) electrons. The molecule has 5 nitrogen and oxygen atoms in total. The van der Waals surface area contributed by atoms with E-state index in [4.69, 9.17) is 4.74 Å². The number of pyridine rings is 1. The third-order valence-electron chi connectivity index (χ3n) is 5.20. The second kappa shape index (κ2) is 8.35.